The SMILES string of the molecule is Cc1c(C(=O)Nc2nc3c(s2)CN(C(=O)OC(C)(C)C)CC3)oc2c(Cl)cccc12. The molecule has 7 nitrogen and oxygen atoms in total. The lowest BCUT2D eigenvalue weighted by atomic mass is 10.1. The van der Waals surface area contributed by atoms with Crippen molar-refractivity contribution in [2.75, 3.05) is 11.9 Å². The van der Waals surface area contributed by atoms with Crippen LogP contribution in [-0.2, 0) is 17.7 Å². The normalized spacial score (nSPS) is 14.0. The summed E-state index contributed by atoms with van der Waals surface area (Å²) in [6.07, 6.45) is 0.266. The van der Waals surface area contributed by atoms with E-state index in [0.29, 0.717) is 35.2 Å². The van der Waals surface area contributed by atoms with E-state index in [4.69, 9.17) is 20.8 Å². The summed E-state index contributed by atoms with van der Waals surface area (Å²) < 4.78 is 11.2. The van der Waals surface area contributed by atoms with Crippen molar-refractivity contribution in [3.63, 3.8) is 0 Å². The van der Waals surface area contributed by atoms with Crippen LogP contribution in [0.15, 0.2) is 22.6 Å². The van der Waals surface area contributed by atoms with Crippen molar-refractivity contribution in [3.8, 4) is 0 Å². The highest BCUT2D eigenvalue weighted by molar-refractivity contribution is 7.15. The first-order valence-electron chi connectivity index (χ1n) is 9.58. The molecule has 0 spiro atoms. The van der Waals surface area contributed by atoms with Crippen LogP contribution in [0.2, 0.25) is 5.02 Å². The molecule has 1 aliphatic heterocycles. The Bertz CT molecular complexity index is 1150. The molecule has 4 rings (SSSR count). The second kappa shape index (κ2) is 7.59. The fourth-order valence-corrected chi connectivity index (χ4v) is 4.54. The van der Waals surface area contributed by atoms with Gasteiger partial charge in [-0.1, -0.05) is 35.1 Å². The van der Waals surface area contributed by atoms with Crippen LogP contribution >= 0.6 is 22.9 Å². The van der Waals surface area contributed by atoms with Gasteiger partial charge in [-0.25, -0.2) is 9.78 Å². The molecule has 0 aliphatic carbocycles. The highest BCUT2D eigenvalue weighted by Crippen LogP contribution is 2.33. The van der Waals surface area contributed by atoms with Crippen LogP contribution < -0.4 is 5.32 Å². The Kier molecular flexibility index (Phi) is 5.23. The van der Waals surface area contributed by atoms with Gasteiger partial charge in [-0.15, -0.1) is 0 Å². The molecule has 0 atom stereocenters. The molecule has 0 bridgehead atoms. The number of halogens is 1. The first-order valence-corrected chi connectivity index (χ1v) is 10.8. The topological polar surface area (TPSA) is 84.7 Å². The minimum absolute atomic E-state index is 0.210. The third-order valence-corrected chi connectivity index (χ3v) is 6.02. The van der Waals surface area contributed by atoms with E-state index >= 15 is 0 Å². The number of furan rings is 1. The minimum atomic E-state index is -0.544. The lowest BCUT2D eigenvalue weighted by Gasteiger charge is -2.29. The van der Waals surface area contributed by atoms with Crippen LogP contribution in [0.25, 0.3) is 11.0 Å². The zero-order chi connectivity index (χ0) is 21.6. The molecule has 2 amide bonds. The number of fused-ring (bicyclic) bond motifs is 2. The molecule has 1 N–H and O–H groups in total. The van der Waals surface area contributed by atoms with Gasteiger partial charge >= 0.3 is 6.09 Å². The Labute approximate surface area is 183 Å². The fraction of sp³-hybridized carbons (Fsp3) is 0.381. The third kappa shape index (κ3) is 4.02. The lowest BCUT2D eigenvalue weighted by Crippen LogP contribution is -2.39. The first kappa shape index (κ1) is 20.7. The van der Waals surface area contributed by atoms with E-state index < -0.39 is 5.60 Å². The van der Waals surface area contributed by atoms with Crippen molar-refractivity contribution >= 4 is 51.0 Å². The van der Waals surface area contributed by atoms with Crippen molar-refractivity contribution in [2.24, 2.45) is 0 Å². The second-order valence-electron chi connectivity index (χ2n) is 8.17. The van der Waals surface area contributed by atoms with Gasteiger partial charge in [0.2, 0.25) is 0 Å². The minimum Gasteiger partial charge on any atom is -0.449 e. The molecule has 1 aromatic carbocycles. The summed E-state index contributed by atoms with van der Waals surface area (Å²) in [6.45, 7) is 8.29. The standard InChI is InChI=1S/C21H22ClN3O4S/c1-11-12-6-5-7-13(22)17(12)28-16(11)18(26)24-19-23-14-8-9-25(10-15(14)30-19)20(27)29-21(2,3)4/h5-7H,8-10H2,1-4H3,(H,23,24,26). The van der Waals surface area contributed by atoms with Crippen LogP contribution in [0.4, 0.5) is 9.93 Å². The predicted molar refractivity (Wildman–Crippen MR) is 116 cm³/mol. The Morgan fingerprint density at radius 1 is 1.33 bits per heavy atom. The number of aryl methyl sites for hydroxylation is 1. The molecule has 0 saturated carbocycles. The second-order valence-corrected chi connectivity index (χ2v) is 9.66. The number of ether oxygens (including phenoxy) is 1. The largest absolute Gasteiger partial charge is 0.449 e. The molecule has 9 heteroatoms. The van der Waals surface area contributed by atoms with E-state index in [0.717, 1.165) is 21.5 Å². The maximum Gasteiger partial charge on any atom is 0.410 e. The van der Waals surface area contributed by atoms with E-state index in [1.807, 2.05) is 39.8 Å². The van der Waals surface area contributed by atoms with Crippen molar-refractivity contribution in [1.82, 2.24) is 9.88 Å². The van der Waals surface area contributed by atoms with Crippen molar-refractivity contribution in [2.45, 2.75) is 46.3 Å². The molecule has 3 aromatic rings. The average molecular weight is 448 g/mol. The molecule has 1 aliphatic rings. The third-order valence-electron chi connectivity index (χ3n) is 4.73. The van der Waals surface area contributed by atoms with Gasteiger partial charge < -0.3 is 14.1 Å². The van der Waals surface area contributed by atoms with Gasteiger partial charge in [-0.2, -0.15) is 0 Å². The molecule has 0 saturated heterocycles. The van der Waals surface area contributed by atoms with E-state index in [1.165, 1.54) is 11.3 Å². The number of aromatic nitrogens is 1. The summed E-state index contributed by atoms with van der Waals surface area (Å²) in [5.41, 5.74) is 1.56. The van der Waals surface area contributed by atoms with Crippen LogP contribution in [0, 0.1) is 6.92 Å². The van der Waals surface area contributed by atoms with E-state index in [9.17, 15) is 9.59 Å². The monoisotopic (exact) mass is 447 g/mol. The number of nitrogens with one attached hydrogen (secondary N) is 1. The molecular formula is C21H22ClN3O4S. The Hall–Kier alpha value is -2.58. The molecule has 158 valence electrons. The summed E-state index contributed by atoms with van der Waals surface area (Å²) in [4.78, 5) is 32.2. The predicted octanol–water partition coefficient (Wildman–Crippen LogP) is 5.40. The van der Waals surface area contributed by atoms with Gasteiger partial charge in [0, 0.05) is 28.8 Å². The van der Waals surface area contributed by atoms with Crippen LogP contribution in [0.1, 0.15) is 47.5 Å². The number of anilines is 1. The fourth-order valence-electron chi connectivity index (χ4n) is 3.31. The summed E-state index contributed by atoms with van der Waals surface area (Å²) in [5.74, 6) is -0.170. The van der Waals surface area contributed by atoms with Crippen molar-refractivity contribution in [1.29, 1.82) is 0 Å². The summed E-state index contributed by atoms with van der Waals surface area (Å²) >= 11 is 7.53. The van der Waals surface area contributed by atoms with Gasteiger partial charge in [0.1, 0.15) is 5.60 Å². The summed E-state index contributed by atoms with van der Waals surface area (Å²) in [5, 5.41) is 4.55. The smallest absolute Gasteiger partial charge is 0.410 e. The number of carbonyl (C=O) groups excluding carboxylic acids is 2. The number of para-hydroxylation sites is 1. The molecule has 0 fully saturated rings. The Morgan fingerprint density at radius 3 is 2.80 bits per heavy atom. The summed E-state index contributed by atoms with van der Waals surface area (Å²) in [7, 11) is 0. The zero-order valence-corrected chi connectivity index (χ0v) is 18.7. The number of nitrogens with zero attached hydrogens (tertiary/aromatic N) is 2. The average Bonchev–Trinajstić information content (AvgIpc) is 3.21. The first-order chi connectivity index (χ1) is 14.1. The molecule has 2 aromatic heterocycles. The molecule has 30 heavy (non-hydrogen) atoms. The zero-order valence-electron chi connectivity index (χ0n) is 17.2. The van der Waals surface area contributed by atoms with Crippen LogP contribution in [0.5, 0.6) is 0 Å². The van der Waals surface area contributed by atoms with Gasteiger partial charge in [-0.05, 0) is 33.8 Å². The number of carbonyl (C=O) groups is 2. The van der Waals surface area contributed by atoms with Gasteiger partial charge in [0.05, 0.1) is 17.3 Å². The molecule has 0 unspecified atom stereocenters. The van der Waals surface area contributed by atoms with E-state index in [2.05, 4.69) is 10.3 Å². The number of benzene rings is 1. The quantitative estimate of drug-likeness (QED) is 0.568. The molecular weight excluding hydrogens is 426 g/mol. The van der Waals surface area contributed by atoms with Crippen LogP contribution in [0.3, 0.4) is 0 Å². The van der Waals surface area contributed by atoms with Gasteiger partial charge in [0.25, 0.3) is 5.91 Å². The number of amides is 2. The van der Waals surface area contributed by atoms with E-state index in [-0.39, 0.29) is 17.8 Å². The highest BCUT2D eigenvalue weighted by atomic mass is 35.5. The van der Waals surface area contributed by atoms with Crippen LogP contribution in [-0.4, -0.2) is 34.0 Å². The van der Waals surface area contributed by atoms with Gasteiger partial charge in [-0.3, -0.25) is 10.1 Å². The molecule has 3 heterocycles. The van der Waals surface area contributed by atoms with Crippen molar-refractivity contribution < 1.29 is 18.7 Å². The number of hydrogen-bond donors (Lipinski definition) is 1. The number of thiazole rings is 1. The number of rotatable bonds is 2. The lowest BCUT2D eigenvalue weighted by molar-refractivity contribution is 0.0225. The molecule has 0 radical (unpaired) electrons. The van der Waals surface area contributed by atoms with Gasteiger partial charge in [0.15, 0.2) is 16.5 Å². The highest BCUT2D eigenvalue weighted by Gasteiger charge is 2.28. The summed E-state index contributed by atoms with van der Waals surface area (Å²) in [6, 6.07) is 5.41. The van der Waals surface area contributed by atoms with E-state index in [1.54, 1.807) is 11.0 Å². The maximum absolute atomic E-state index is 12.8. The Balaban J connectivity index is 1.50. The van der Waals surface area contributed by atoms with Crippen molar-refractivity contribution in [3.05, 3.63) is 45.1 Å². The number of hydrogen-bond acceptors (Lipinski definition) is 6. The Morgan fingerprint density at radius 2 is 2.10 bits per heavy atom. The maximum atomic E-state index is 12.8.